The van der Waals surface area contributed by atoms with Gasteiger partial charge < -0.3 is 0 Å². The lowest BCUT2D eigenvalue weighted by molar-refractivity contribution is 0.602. The molecule has 0 radical (unpaired) electrons. The smallest absolute Gasteiger partial charge is 0.175 e. The predicted octanol–water partition coefficient (Wildman–Crippen LogP) is 5.78. The van der Waals surface area contributed by atoms with Crippen molar-refractivity contribution in [3.8, 4) is 12.8 Å². The number of thioether (sulfide) groups is 1. The molecule has 0 saturated heterocycles. The van der Waals surface area contributed by atoms with Crippen LogP contribution in [0.5, 0.6) is 0 Å². The third kappa shape index (κ3) is 8.60. The van der Waals surface area contributed by atoms with E-state index in [1.54, 1.807) is 12.1 Å². The summed E-state index contributed by atoms with van der Waals surface area (Å²) in [5.74, 6) is 1.15. The first kappa shape index (κ1) is 24.3. The quantitative estimate of drug-likeness (QED) is 0.472. The Morgan fingerprint density at radius 2 is 1.69 bits per heavy atom. The zero-order valence-corrected chi connectivity index (χ0v) is 17.9. The summed E-state index contributed by atoms with van der Waals surface area (Å²) in [6.45, 7) is 4.06. The van der Waals surface area contributed by atoms with Crippen LogP contribution in [-0.2, 0) is 9.84 Å². The summed E-state index contributed by atoms with van der Waals surface area (Å²) in [5.41, 5.74) is 3.88. The molecule has 0 spiro atoms. The topological polar surface area (TPSA) is 34.1 Å². The Morgan fingerprint density at radius 3 is 2.12 bits per heavy atom. The molecule has 0 N–H and O–H groups in total. The summed E-state index contributed by atoms with van der Waals surface area (Å²) in [6, 6.07) is 7.23. The van der Waals surface area contributed by atoms with Crippen LogP contribution in [0.4, 0.5) is 0 Å². The standard InChI is InChI=1S/C15H18O2S.C5H10S.C2H2/c1-3-5-12-6-4-7-15(12)13-8-10-14(11-9-13)18(2,16)17;1-3-4-5-6-2;1-2/h3,5,8-11H,4,6-7H2,1-2H3;3-4H,5H2,1-2H3;1-2H/b5-3+;4-3-;. The highest BCUT2D eigenvalue weighted by molar-refractivity contribution is 7.98. The molecule has 1 aromatic rings. The lowest BCUT2D eigenvalue weighted by atomic mass is 10.0. The highest BCUT2D eigenvalue weighted by Gasteiger charge is 2.14. The second kappa shape index (κ2) is 13.5. The highest BCUT2D eigenvalue weighted by atomic mass is 32.2. The number of benzene rings is 1. The number of terminal acetylenes is 1. The van der Waals surface area contributed by atoms with Gasteiger partial charge in [0, 0.05) is 12.0 Å². The second-order valence-electron chi connectivity index (χ2n) is 5.68. The van der Waals surface area contributed by atoms with Crippen LogP contribution in [0.1, 0.15) is 38.7 Å². The summed E-state index contributed by atoms with van der Waals surface area (Å²) < 4.78 is 22.8. The van der Waals surface area contributed by atoms with Crippen LogP contribution in [0.2, 0.25) is 0 Å². The Hall–Kier alpha value is -1.70. The molecule has 0 unspecified atom stereocenters. The van der Waals surface area contributed by atoms with E-state index in [0.717, 1.165) is 24.2 Å². The van der Waals surface area contributed by atoms with E-state index < -0.39 is 9.84 Å². The number of hydrogen-bond acceptors (Lipinski definition) is 3. The fourth-order valence-electron chi connectivity index (χ4n) is 2.58. The van der Waals surface area contributed by atoms with Gasteiger partial charge in [-0.3, -0.25) is 0 Å². The van der Waals surface area contributed by atoms with Gasteiger partial charge in [-0.25, -0.2) is 8.42 Å². The lowest BCUT2D eigenvalue weighted by Gasteiger charge is -2.06. The van der Waals surface area contributed by atoms with Gasteiger partial charge in [-0.15, -0.1) is 12.8 Å². The summed E-state index contributed by atoms with van der Waals surface area (Å²) in [7, 11) is -3.10. The molecule has 0 atom stereocenters. The molecule has 0 fully saturated rings. The zero-order chi connectivity index (χ0) is 20.0. The maximum Gasteiger partial charge on any atom is 0.175 e. The number of sulfone groups is 1. The minimum absolute atomic E-state index is 0.387. The Morgan fingerprint density at radius 1 is 1.08 bits per heavy atom. The summed E-state index contributed by atoms with van der Waals surface area (Å²) in [4.78, 5) is 0.387. The van der Waals surface area contributed by atoms with Crippen molar-refractivity contribution in [3.05, 3.63) is 59.7 Å². The van der Waals surface area contributed by atoms with Crippen molar-refractivity contribution in [3.63, 3.8) is 0 Å². The molecule has 2 rings (SSSR count). The third-order valence-corrected chi connectivity index (χ3v) is 5.41. The molecule has 0 aliphatic heterocycles. The largest absolute Gasteiger partial charge is 0.224 e. The van der Waals surface area contributed by atoms with Crippen molar-refractivity contribution in [2.45, 2.75) is 38.0 Å². The van der Waals surface area contributed by atoms with E-state index >= 15 is 0 Å². The van der Waals surface area contributed by atoms with Gasteiger partial charge in [0.05, 0.1) is 4.90 Å². The first-order valence-electron chi connectivity index (χ1n) is 8.52. The van der Waals surface area contributed by atoms with Crippen LogP contribution in [0.25, 0.3) is 5.57 Å². The molecule has 0 amide bonds. The predicted molar refractivity (Wildman–Crippen MR) is 118 cm³/mol. The fraction of sp³-hybridized carbons (Fsp3) is 0.364. The molecule has 1 aliphatic carbocycles. The summed E-state index contributed by atoms with van der Waals surface area (Å²) >= 11 is 1.84. The van der Waals surface area contributed by atoms with Crippen LogP contribution in [0, 0.1) is 12.8 Å². The van der Waals surface area contributed by atoms with Gasteiger partial charge in [0.15, 0.2) is 9.84 Å². The van der Waals surface area contributed by atoms with Crippen LogP contribution in [-0.4, -0.2) is 26.7 Å². The average Bonchev–Trinajstić information content (AvgIpc) is 3.10. The second-order valence-corrected chi connectivity index (χ2v) is 8.60. The number of hydrogen-bond donors (Lipinski definition) is 0. The molecule has 26 heavy (non-hydrogen) atoms. The summed E-state index contributed by atoms with van der Waals surface area (Å²) in [6.07, 6.45) is 23.1. The molecule has 0 heterocycles. The monoisotopic (exact) mass is 390 g/mol. The van der Waals surface area contributed by atoms with Gasteiger partial charge in [-0.1, -0.05) is 36.4 Å². The van der Waals surface area contributed by atoms with E-state index in [-0.39, 0.29) is 0 Å². The van der Waals surface area contributed by atoms with Gasteiger partial charge in [0.25, 0.3) is 0 Å². The number of allylic oxidation sites excluding steroid dienone is 5. The van der Waals surface area contributed by atoms with Crippen LogP contribution in [0.15, 0.2) is 59.0 Å². The molecule has 0 bridgehead atoms. The van der Waals surface area contributed by atoms with E-state index in [9.17, 15) is 8.42 Å². The Bertz CT molecular complexity index is 734. The van der Waals surface area contributed by atoms with Gasteiger partial charge in [-0.2, -0.15) is 11.8 Å². The highest BCUT2D eigenvalue weighted by Crippen LogP contribution is 2.34. The van der Waals surface area contributed by atoms with Gasteiger partial charge in [0.1, 0.15) is 0 Å². The van der Waals surface area contributed by atoms with Gasteiger partial charge in [-0.05, 0) is 68.2 Å². The van der Waals surface area contributed by atoms with Crippen LogP contribution >= 0.6 is 11.8 Å². The first-order valence-corrected chi connectivity index (χ1v) is 11.8. The maximum absolute atomic E-state index is 11.4. The minimum Gasteiger partial charge on any atom is -0.224 e. The molecular formula is C22H30O2S2. The molecule has 0 saturated carbocycles. The Balaban J connectivity index is 0.000000667. The van der Waals surface area contributed by atoms with E-state index in [0.29, 0.717) is 4.90 Å². The summed E-state index contributed by atoms with van der Waals surface area (Å²) in [5, 5.41) is 0. The fourth-order valence-corrected chi connectivity index (χ4v) is 3.59. The van der Waals surface area contributed by atoms with Crippen molar-refractivity contribution in [2.24, 2.45) is 0 Å². The van der Waals surface area contributed by atoms with E-state index in [4.69, 9.17) is 0 Å². The Labute approximate surface area is 164 Å². The van der Waals surface area contributed by atoms with Gasteiger partial charge in [0.2, 0.25) is 0 Å². The SMILES string of the molecule is C#C.C/C=C/C1=C(c2ccc(S(C)(=O)=O)cc2)CCC1.C/C=C\CSC. The lowest BCUT2D eigenvalue weighted by Crippen LogP contribution is -1.96. The van der Waals surface area contributed by atoms with Crippen molar-refractivity contribution in [1.82, 2.24) is 0 Å². The van der Waals surface area contributed by atoms with Crippen molar-refractivity contribution in [2.75, 3.05) is 18.3 Å². The normalized spacial score (nSPS) is 14.1. The average molecular weight is 391 g/mol. The molecule has 0 aromatic heterocycles. The molecule has 1 aromatic carbocycles. The zero-order valence-electron chi connectivity index (χ0n) is 16.2. The molecule has 142 valence electrons. The maximum atomic E-state index is 11.4. The Kier molecular flexibility index (Phi) is 12.6. The van der Waals surface area contributed by atoms with Crippen LogP contribution in [0.3, 0.4) is 0 Å². The molecular weight excluding hydrogens is 360 g/mol. The van der Waals surface area contributed by atoms with Crippen molar-refractivity contribution >= 4 is 27.2 Å². The third-order valence-electron chi connectivity index (χ3n) is 3.76. The van der Waals surface area contributed by atoms with E-state index in [1.165, 1.54) is 23.8 Å². The van der Waals surface area contributed by atoms with E-state index in [1.807, 2.05) is 37.7 Å². The molecule has 1 aliphatic rings. The first-order chi connectivity index (χ1) is 12.4. The van der Waals surface area contributed by atoms with Crippen molar-refractivity contribution in [1.29, 1.82) is 0 Å². The molecule has 4 heteroatoms. The van der Waals surface area contributed by atoms with E-state index in [2.05, 4.69) is 43.4 Å². The van der Waals surface area contributed by atoms with Crippen LogP contribution < -0.4 is 0 Å². The van der Waals surface area contributed by atoms with Gasteiger partial charge >= 0.3 is 0 Å². The molecule has 2 nitrogen and oxygen atoms in total. The number of rotatable bonds is 5. The van der Waals surface area contributed by atoms with Crippen molar-refractivity contribution < 1.29 is 8.42 Å². The minimum atomic E-state index is -3.10.